The Hall–Kier alpha value is -2.27. The summed E-state index contributed by atoms with van der Waals surface area (Å²) >= 11 is 13.6. The lowest BCUT2D eigenvalue weighted by atomic mass is 10.0. The molecule has 27 heavy (non-hydrogen) atoms. The van der Waals surface area contributed by atoms with E-state index in [1.54, 1.807) is 12.3 Å². The number of nitrogens with zero attached hydrogens (tertiary/aromatic N) is 2. The molecule has 0 aromatic heterocycles. The molecule has 3 rings (SSSR count). The monoisotopic (exact) mass is 413 g/mol. The van der Waals surface area contributed by atoms with Gasteiger partial charge in [0.2, 0.25) is 0 Å². The van der Waals surface area contributed by atoms with Gasteiger partial charge in [-0.1, -0.05) is 95.6 Å². The molecule has 0 aliphatic rings. The summed E-state index contributed by atoms with van der Waals surface area (Å²) in [4.78, 5) is 0. The fraction of sp³-hybridized carbons (Fsp3) is 0.0476. The molecule has 2 N–H and O–H groups in total. The fourth-order valence-corrected chi connectivity index (χ4v) is 3.35. The van der Waals surface area contributed by atoms with Crippen molar-refractivity contribution in [2.75, 3.05) is 0 Å². The van der Waals surface area contributed by atoms with Crippen LogP contribution in [0.1, 0.15) is 11.1 Å². The topological polar surface area (TPSA) is 50.7 Å². The number of amidine groups is 1. The zero-order chi connectivity index (χ0) is 19.1. The molecule has 0 bridgehead atoms. The van der Waals surface area contributed by atoms with E-state index in [4.69, 9.17) is 28.9 Å². The summed E-state index contributed by atoms with van der Waals surface area (Å²) in [5.74, 6) is 0.756. The van der Waals surface area contributed by atoms with E-state index in [2.05, 4.69) is 22.3 Å². The van der Waals surface area contributed by atoms with Gasteiger partial charge in [-0.2, -0.15) is 5.10 Å². The van der Waals surface area contributed by atoms with Crippen LogP contribution in [0, 0.1) is 0 Å². The summed E-state index contributed by atoms with van der Waals surface area (Å²) in [6.45, 7) is 0. The zero-order valence-electron chi connectivity index (χ0n) is 14.3. The molecule has 3 aromatic rings. The summed E-state index contributed by atoms with van der Waals surface area (Å²) in [5, 5.41) is 9.68. The first kappa shape index (κ1) is 19.5. The lowest BCUT2D eigenvalue weighted by molar-refractivity contribution is 1.25. The number of halogens is 2. The molecule has 0 unspecified atom stereocenters. The molecule has 0 spiro atoms. The fourth-order valence-electron chi connectivity index (χ4n) is 2.44. The van der Waals surface area contributed by atoms with Crippen LogP contribution in [0.15, 0.2) is 83.0 Å². The van der Waals surface area contributed by atoms with Crippen LogP contribution in [0.3, 0.4) is 0 Å². The Labute approximate surface area is 172 Å². The maximum atomic E-state index is 6.14. The van der Waals surface area contributed by atoms with Crippen LogP contribution in [0.5, 0.6) is 0 Å². The van der Waals surface area contributed by atoms with E-state index >= 15 is 0 Å². The molecule has 6 heteroatoms. The van der Waals surface area contributed by atoms with Crippen molar-refractivity contribution in [3.05, 3.63) is 94.0 Å². The predicted octanol–water partition coefficient (Wildman–Crippen LogP) is 6.24. The first-order valence-corrected chi connectivity index (χ1v) is 9.95. The Morgan fingerprint density at radius 1 is 0.926 bits per heavy atom. The highest BCUT2D eigenvalue weighted by molar-refractivity contribution is 8.13. The molecular formula is C21H17Cl2N3S. The molecule has 0 fully saturated rings. The van der Waals surface area contributed by atoms with Gasteiger partial charge in [-0.15, -0.1) is 5.10 Å². The van der Waals surface area contributed by atoms with Gasteiger partial charge in [-0.25, -0.2) is 0 Å². The van der Waals surface area contributed by atoms with E-state index in [9.17, 15) is 0 Å². The molecule has 0 heterocycles. The third kappa shape index (κ3) is 5.60. The van der Waals surface area contributed by atoms with Crippen LogP contribution in [-0.2, 0) is 5.75 Å². The maximum absolute atomic E-state index is 6.14. The molecule has 0 aliphatic heterocycles. The minimum absolute atomic E-state index is 0.419. The molecule has 0 saturated carbocycles. The van der Waals surface area contributed by atoms with Crippen molar-refractivity contribution < 1.29 is 0 Å². The van der Waals surface area contributed by atoms with Crippen molar-refractivity contribution in [2.45, 2.75) is 5.75 Å². The molecule has 3 aromatic carbocycles. The van der Waals surface area contributed by atoms with Crippen LogP contribution in [-0.4, -0.2) is 11.4 Å². The van der Waals surface area contributed by atoms with E-state index in [0.29, 0.717) is 15.2 Å². The Balaban J connectivity index is 1.72. The molecule has 0 aliphatic carbocycles. The average molecular weight is 414 g/mol. The average Bonchev–Trinajstić information content (AvgIpc) is 2.70. The molecule has 0 radical (unpaired) electrons. The minimum atomic E-state index is 0.419. The molecule has 136 valence electrons. The van der Waals surface area contributed by atoms with Gasteiger partial charge >= 0.3 is 0 Å². The number of nitrogens with two attached hydrogens (primary N) is 1. The van der Waals surface area contributed by atoms with Crippen molar-refractivity contribution in [3.63, 3.8) is 0 Å². The van der Waals surface area contributed by atoms with Crippen molar-refractivity contribution in [3.8, 4) is 11.1 Å². The molecule has 0 saturated heterocycles. The summed E-state index contributed by atoms with van der Waals surface area (Å²) in [6.07, 6.45) is 1.69. The molecule has 0 atom stereocenters. The standard InChI is InChI=1S/C21H17Cl2N3S/c22-19-11-10-16(12-20(19)23)18-9-5-4-8-17(18)13-25-26-21(24)27-14-15-6-2-1-3-7-15/h1-13H,14H2,(H2,24,26). The smallest absolute Gasteiger partial charge is 0.180 e. The number of hydrogen-bond donors (Lipinski definition) is 1. The SMILES string of the molecule is NC(=NN=Cc1ccccc1-c1ccc(Cl)c(Cl)c1)SCc1ccccc1. The van der Waals surface area contributed by atoms with Crippen molar-refractivity contribution >= 4 is 46.3 Å². The quantitative estimate of drug-likeness (QED) is 0.305. The summed E-state index contributed by atoms with van der Waals surface area (Å²) in [5.41, 5.74) is 10.00. The Kier molecular flexibility index (Phi) is 6.93. The minimum Gasteiger partial charge on any atom is -0.377 e. The van der Waals surface area contributed by atoms with E-state index in [1.807, 2.05) is 54.6 Å². The predicted molar refractivity (Wildman–Crippen MR) is 119 cm³/mol. The second kappa shape index (κ2) is 9.60. The van der Waals surface area contributed by atoms with Gasteiger partial charge in [0.25, 0.3) is 0 Å². The first-order chi connectivity index (χ1) is 13.1. The normalized spacial score (nSPS) is 11.9. The second-order valence-corrected chi connectivity index (χ2v) is 7.48. The highest BCUT2D eigenvalue weighted by Gasteiger charge is 2.05. The highest BCUT2D eigenvalue weighted by Crippen LogP contribution is 2.30. The summed E-state index contributed by atoms with van der Waals surface area (Å²) in [7, 11) is 0. The van der Waals surface area contributed by atoms with Gasteiger partial charge in [-0.05, 0) is 28.8 Å². The van der Waals surface area contributed by atoms with E-state index in [-0.39, 0.29) is 0 Å². The van der Waals surface area contributed by atoms with Gasteiger partial charge in [-0.3, -0.25) is 0 Å². The van der Waals surface area contributed by atoms with Crippen LogP contribution in [0.4, 0.5) is 0 Å². The van der Waals surface area contributed by atoms with Crippen molar-refractivity contribution in [2.24, 2.45) is 15.9 Å². The number of hydrogen-bond acceptors (Lipinski definition) is 3. The second-order valence-electron chi connectivity index (χ2n) is 5.67. The van der Waals surface area contributed by atoms with Gasteiger partial charge in [0.05, 0.1) is 16.3 Å². The van der Waals surface area contributed by atoms with Gasteiger partial charge in [0.1, 0.15) is 0 Å². The van der Waals surface area contributed by atoms with E-state index in [1.165, 1.54) is 17.3 Å². The van der Waals surface area contributed by atoms with E-state index in [0.717, 1.165) is 22.4 Å². The molecule has 3 nitrogen and oxygen atoms in total. The molecular weight excluding hydrogens is 397 g/mol. The summed E-state index contributed by atoms with van der Waals surface area (Å²) < 4.78 is 0. The first-order valence-electron chi connectivity index (χ1n) is 8.21. The third-order valence-corrected chi connectivity index (χ3v) is 5.37. The Bertz CT molecular complexity index is 972. The number of thioether (sulfide) groups is 1. The Morgan fingerprint density at radius 2 is 1.67 bits per heavy atom. The van der Waals surface area contributed by atoms with Crippen LogP contribution < -0.4 is 5.73 Å². The maximum Gasteiger partial charge on any atom is 0.180 e. The van der Waals surface area contributed by atoms with E-state index < -0.39 is 0 Å². The number of benzene rings is 3. The van der Waals surface area contributed by atoms with Crippen LogP contribution >= 0.6 is 35.0 Å². The third-order valence-electron chi connectivity index (χ3n) is 3.77. The van der Waals surface area contributed by atoms with Gasteiger partial charge in [0, 0.05) is 11.3 Å². The van der Waals surface area contributed by atoms with Crippen molar-refractivity contribution in [1.29, 1.82) is 0 Å². The zero-order valence-corrected chi connectivity index (χ0v) is 16.7. The van der Waals surface area contributed by atoms with Crippen LogP contribution in [0.25, 0.3) is 11.1 Å². The van der Waals surface area contributed by atoms with Gasteiger partial charge in [0.15, 0.2) is 5.17 Å². The van der Waals surface area contributed by atoms with Crippen molar-refractivity contribution in [1.82, 2.24) is 0 Å². The highest BCUT2D eigenvalue weighted by atomic mass is 35.5. The van der Waals surface area contributed by atoms with Crippen LogP contribution in [0.2, 0.25) is 10.0 Å². The lowest BCUT2D eigenvalue weighted by Gasteiger charge is -2.07. The molecule has 0 amide bonds. The Morgan fingerprint density at radius 3 is 2.44 bits per heavy atom. The summed E-state index contributed by atoms with van der Waals surface area (Å²) in [6, 6.07) is 23.5. The van der Waals surface area contributed by atoms with Gasteiger partial charge < -0.3 is 5.73 Å². The largest absolute Gasteiger partial charge is 0.377 e. The number of rotatable bonds is 5. The lowest BCUT2D eigenvalue weighted by Crippen LogP contribution is -2.06.